The topological polar surface area (TPSA) is 105 Å². The first-order valence-corrected chi connectivity index (χ1v) is 10.2. The lowest BCUT2D eigenvalue weighted by molar-refractivity contribution is 0.680. The molecule has 2 heterocycles. The van der Waals surface area contributed by atoms with Crippen LogP contribution < -0.4 is 10.6 Å². The Hall–Kier alpha value is -3.07. The lowest BCUT2D eigenvalue weighted by Gasteiger charge is -2.13. The van der Waals surface area contributed by atoms with Gasteiger partial charge in [-0.05, 0) is 26.0 Å². The van der Waals surface area contributed by atoms with Crippen molar-refractivity contribution >= 4 is 32.9 Å². The van der Waals surface area contributed by atoms with E-state index in [-0.39, 0.29) is 0 Å². The molecule has 27 heavy (non-hydrogen) atoms. The summed E-state index contributed by atoms with van der Waals surface area (Å²) in [5.74, 6) is 2.49. The van der Waals surface area contributed by atoms with Gasteiger partial charge in [0.2, 0.25) is 0 Å². The number of rotatable bonds is 5. The summed E-state index contributed by atoms with van der Waals surface area (Å²) in [6, 6.07) is 10.9. The zero-order valence-corrected chi connectivity index (χ0v) is 16.4. The summed E-state index contributed by atoms with van der Waals surface area (Å²) in [5, 5.41) is 6.35. The van der Waals surface area contributed by atoms with Crippen molar-refractivity contribution in [1.82, 2.24) is 19.9 Å². The number of benzene rings is 1. The van der Waals surface area contributed by atoms with Crippen molar-refractivity contribution in [2.45, 2.75) is 18.7 Å². The van der Waals surface area contributed by atoms with Crippen LogP contribution in [0.15, 0.2) is 52.0 Å². The fraction of sp³-hybridized carbons (Fsp3) is 0.222. The minimum absolute atomic E-state index is 0.564. The molecule has 0 amide bonds. The average Bonchev–Trinajstić information content (AvgIpc) is 2.61. The molecule has 8 nitrogen and oxygen atoms in total. The molecule has 0 radical (unpaired) electrons. The van der Waals surface area contributed by atoms with Crippen molar-refractivity contribution in [2.75, 3.05) is 23.9 Å². The average molecular weight is 383 g/mol. The first-order valence-electron chi connectivity index (χ1n) is 8.25. The molecule has 1 atom stereocenters. The van der Waals surface area contributed by atoms with Crippen molar-refractivity contribution in [3.05, 3.63) is 54.2 Å². The van der Waals surface area contributed by atoms with E-state index in [4.69, 9.17) is 0 Å². The zero-order valence-electron chi connectivity index (χ0n) is 15.6. The molecule has 9 heteroatoms. The van der Waals surface area contributed by atoms with Gasteiger partial charge >= 0.3 is 0 Å². The van der Waals surface area contributed by atoms with Gasteiger partial charge in [0.1, 0.15) is 29.6 Å². The summed E-state index contributed by atoms with van der Waals surface area (Å²) in [6.07, 6.45) is 3.06. The number of nitrogens with zero attached hydrogens (tertiary/aromatic N) is 5. The van der Waals surface area contributed by atoms with Crippen LogP contribution in [0.2, 0.25) is 0 Å². The predicted molar refractivity (Wildman–Crippen MR) is 107 cm³/mol. The number of hydrogen-bond donors (Lipinski definition) is 2. The predicted octanol–water partition coefficient (Wildman–Crippen LogP) is 3.46. The monoisotopic (exact) mass is 383 g/mol. The molecule has 0 aliphatic heterocycles. The van der Waals surface area contributed by atoms with E-state index in [9.17, 15) is 4.21 Å². The number of aryl methyl sites for hydroxylation is 2. The Bertz CT molecular complexity index is 1070. The third-order valence-corrected chi connectivity index (χ3v) is 5.66. The van der Waals surface area contributed by atoms with Gasteiger partial charge in [0.15, 0.2) is 0 Å². The molecular weight excluding hydrogens is 362 g/mol. The summed E-state index contributed by atoms with van der Waals surface area (Å²) >= 11 is 0. The maximum Gasteiger partial charge on any atom is 0.137 e. The first kappa shape index (κ1) is 18.7. The van der Waals surface area contributed by atoms with Crippen LogP contribution in [0.25, 0.3) is 0 Å². The van der Waals surface area contributed by atoms with Crippen LogP contribution in [-0.2, 0) is 9.73 Å². The number of para-hydroxylation sites is 1. The molecule has 1 aromatic carbocycles. The summed E-state index contributed by atoms with van der Waals surface area (Å²) in [5.41, 5.74) is 1.56. The summed E-state index contributed by atoms with van der Waals surface area (Å²) < 4.78 is 16.7. The summed E-state index contributed by atoms with van der Waals surface area (Å²) in [6.45, 7) is 3.74. The van der Waals surface area contributed by atoms with E-state index in [1.54, 1.807) is 25.4 Å². The standard InChI is InChI=1S/C18H21N7OS/c1-12-9-18(23-13(2)22-12)25-17-10-16(20-11-21-17)24-14-7-5-6-8-15(14)27(4,26)19-3/h5-11H,1-4H3,(H2,20,21,22,23,24,25). The lowest BCUT2D eigenvalue weighted by atomic mass is 10.3. The molecule has 0 saturated heterocycles. The highest BCUT2D eigenvalue weighted by molar-refractivity contribution is 7.93. The van der Waals surface area contributed by atoms with E-state index < -0.39 is 9.73 Å². The van der Waals surface area contributed by atoms with E-state index in [1.807, 2.05) is 38.1 Å². The summed E-state index contributed by atoms with van der Waals surface area (Å²) in [7, 11) is -0.928. The van der Waals surface area contributed by atoms with Crippen LogP contribution in [0.4, 0.5) is 23.1 Å². The van der Waals surface area contributed by atoms with Crippen LogP contribution in [0.1, 0.15) is 11.5 Å². The summed E-state index contributed by atoms with van der Waals surface area (Å²) in [4.78, 5) is 17.7. The van der Waals surface area contributed by atoms with E-state index >= 15 is 0 Å². The second kappa shape index (κ2) is 7.67. The number of aromatic nitrogens is 4. The highest BCUT2D eigenvalue weighted by Crippen LogP contribution is 2.26. The van der Waals surface area contributed by atoms with Crippen molar-refractivity contribution in [3.63, 3.8) is 0 Å². The van der Waals surface area contributed by atoms with Crippen LogP contribution in [0.5, 0.6) is 0 Å². The normalized spacial score (nSPS) is 12.9. The second-order valence-corrected chi connectivity index (χ2v) is 8.37. The Morgan fingerprint density at radius 1 is 0.963 bits per heavy atom. The Balaban J connectivity index is 1.88. The maximum atomic E-state index is 12.7. The number of anilines is 4. The van der Waals surface area contributed by atoms with Crippen molar-refractivity contribution < 1.29 is 4.21 Å². The first-order chi connectivity index (χ1) is 12.9. The van der Waals surface area contributed by atoms with Gasteiger partial charge < -0.3 is 10.6 Å². The fourth-order valence-electron chi connectivity index (χ4n) is 2.54. The molecule has 0 fully saturated rings. The Kier molecular flexibility index (Phi) is 5.31. The van der Waals surface area contributed by atoms with Gasteiger partial charge in [-0.3, -0.25) is 0 Å². The minimum atomic E-state index is -2.48. The molecule has 0 spiro atoms. The number of nitrogens with one attached hydrogen (secondary N) is 2. The van der Waals surface area contributed by atoms with Crippen LogP contribution in [0, 0.1) is 13.8 Å². The third-order valence-electron chi connectivity index (χ3n) is 3.80. The minimum Gasteiger partial charge on any atom is -0.339 e. The molecular formula is C18H21N7OS. The molecule has 1 unspecified atom stereocenters. The molecule has 0 aliphatic rings. The van der Waals surface area contributed by atoms with E-state index in [0.717, 1.165) is 5.69 Å². The van der Waals surface area contributed by atoms with Gasteiger partial charge in [-0.25, -0.2) is 28.5 Å². The zero-order chi connectivity index (χ0) is 19.4. The van der Waals surface area contributed by atoms with Crippen molar-refractivity contribution in [1.29, 1.82) is 0 Å². The quantitative estimate of drug-likeness (QED) is 0.695. The highest BCUT2D eigenvalue weighted by atomic mass is 32.2. The molecule has 0 saturated carbocycles. The van der Waals surface area contributed by atoms with Crippen LogP contribution >= 0.6 is 0 Å². The molecule has 0 aliphatic carbocycles. The maximum absolute atomic E-state index is 12.7. The van der Waals surface area contributed by atoms with Crippen molar-refractivity contribution in [2.24, 2.45) is 4.36 Å². The lowest BCUT2D eigenvalue weighted by Crippen LogP contribution is -2.05. The van der Waals surface area contributed by atoms with Gasteiger partial charge in [0.25, 0.3) is 0 Å². The smallest absolute Gasteiger partial charge is 0.137 e. The number of hydrogen-bond acceptors (Lipinski definition) is 8. The Morgan fingerprint density at radius 2 is 1.67 bits per heavy atom. The van der Waals surface area contributed by atoms with E-state index in [0.29, 0.717) is 33.9 Å². The van der Waals surface area contributed by atoms with Gasteiger partial charge in [-0.1, -0.05) is 12.1 Å². The van der Waals surface area contributed by atoms with Gasteiger partial charge in [0.05, 0.1) is 20.3 Å². The van der Waals surface area contributed by atoms with E-state index in [2.05, 4.69) is 34.9 Å². The van der Waals surface area contributed by atoms with Gasteiger partial charge in [-0.2, -0.15) is 0 Å². The molecule has 2 aromatic heterocycles. The Labute approximate surface area is 158 Å². The molecule has 3 rings (SSSR count). The Morgan fingerprint density at radius 3 is 2.37 bits per heavy atom. The molecule has 2 N–H and O–H groups in total. The van der Waals surface area contributed by atoms with Gasteiger partial charge in [0, 0.05) is 31.1 Å². The SMILES string of the molecule is CN=S(C)(=O)c1ccccc1Nc1cc(Nc2cc(C)nc(C)n2)ncn1. The molecule has 0 bridgehead atoms. The second-order valence-electron chi connectivity index (χ2n) is 5.96. The van der Waals surface area contributed by atoms with Gasteiger partial charge in [-0.15, -0.1) is 0 Å². The molecule has 140 valence electrons. The van der Waals surface area contributed by atoms with Crippen LogP contribution in [-0.4, -0.2) is 37.4 Å². The largest absolute Gasteiger partial charge is 0.339 e. The third kappa shape index (κ3) is 4.56. The van der Waals surface area contributed by atoms with Crippen molar-refractivity contribution in [3.8, 4) is 0 Å². The van der Waals surface area contributed by atoms with E-state index in [1.165, 1.54) is 6.33 Å². The molecule has 3 aromatic rings. The fourth-order valence-corrected chi connectivity index (χ4v) is 3.60. The highest BCUT2D eigenvalue weighted by Gasteiger charge is 2.11. The van der Waals surface area contributed by atoms with Crippen LogP contribution in [0.3, 0.4) is 0 Å².